The van der Waals surface area contributed by atoms with Crippen LogP contribution in [0.25, 0.3) is 6.08 Å². The minimum atomic E-state index is -0.862. The lowest BCUT2D eigenvalue weighted by Gasteiger charge is -2.25. The maximum atomic E-state index is 13.8. The van der Waals surface area contributed by atoms with E-state index >= 15 is 0 Å². The molecule has 0 radical (unpaired) electrons. The van der Waals surface area contributed by atoms with Gasteiger partial charge in [-0.15, -0.1) is 0 Å². The second kappa shape index (κ2) is 13.2. The molecule has 10 nitrogen and oxygen atoms in total. The largest absolute Gasteiger partial charge is 0.493 e. The summed E-state index contributed by atoms with van der Waals surface area (Å²) in [5, 5.41) is 11.2. The highest BCUT2D eigenvalue weighted by Crippen LogP contribution is 2.36. The van der Waals surface area contributed by atoms with E-state index in [1.807, 2.05) is 0 Å². The minimum absolute atomic E-state index is 0.00655. The Balaban J connectivity index is 1.86. The Kier molecular flexibility index (Phi) is 9.51. The molecule has 0 aliphatic carbocycles. The molecule has 0 amide bonds. The zero-order chi connectivity index (χ0) is 29.5. The number of ether oxygens (including phenoxy) is 3. The predicted octanol–water partition coefficient (Wildman–Crippen LogP) is 4.45. The summed E-state index contributed by atoms with van der Waals surface area (Å²) < 4.78 is 18.7. The van der Waals surface area contributed by atoms with Crippen molar-refractivity contribution in [2.45, 2.75) is 39.2 Å². The molecule has 2 aromatic carbocycles. The van der Waals surface area contributed by atoms with Crippen LogP contribution in [-0.4, -0.2) is 35.8 Å². The molecule has 1 aliphatic heterocycles. The second-order valence-electron chi connectivity index (χ2n) is 9.29. The molecule has 1 atom stereocenters. The lowest BCUT2D eigenvalue weighted by molar-refractivity contribution is -0.384. The average Bonchev–Trinajstić information content (AvgIpc) is 3.27. The van der Waals surface area contributed by atoms with Gasteiger partial charge in [0.05, 0.1) is 40.5 Å². The Morgan fingerprint density at radius 2 is 2.02 bits per heavy atom. The monoisotopic (exact) mass is 577 g/mol. The van der Waals surface area contributed by atoms with Crippen LogP contribution < -0.4 is 24.4 Å². The summed E-state index contributed by atoms with van der Waals surface area (Å²) in [6.45, 7) is 7.95. The van der Waals surface area contributed by atoms with E-state index in [2.05, 4.69) is 18.5 Å². The first-order chi connectivity index (χ1) is 19.8. The van der Waals surface area contributed by atoms with Crippen molar-refractivity contribution in [3.63, 3.8) is 0 Å². The zero-order valence-electron chi connectivity index (χ0n) is 23.1. The summed E-state index contributed by atoms with van der Waals surface area (Å²) >= 11 is 1.13. The second-order valence-corrected chi connectivity index (χ2v) is 10.3. The van der Waals surface area contributed by atoms with Gasteiger partial charge in [0.1, 0.15) is 6.61 Å². The molecule has 3 aromatic rings. The lowest BCUT2D eigenvalue weighted by atomic mass is 9.95. The molecule has 0 saturated heterocycles. The third-order valence-corrected chi connectivity index (χ3v) is 7.44. The van der Waals surface area contributed by atoms with E-state index in [9.17, 15) is 19.7 Å². The molecular weight excluding hydrogens is 546 g/mol. The van der Waals surface area contributed by atoms with Gasteiger partial charge < -0.3 is 14.2 Å². The molecule has 2 heterocycles. The van der Waals surface area contributed by atoms with Crippen molar-refractivity contribution in [1.29, 1.82) is 0 Å². The highest BCUT2D eigenvalue weighted by atomic mass is 32.1. The van der Waals surface area contributed by atoms with Gasteiger partial charge in [-0.2, -0.15) is 0 Å². The van der Waals surface area contributed by atoms with Gasteiger partial charge in [0, 0.05) is 12.1 Å². The number of hydrogen-bond donors (Lipinski definition) is 0. The van der Waals surface area contributed by atoms with E-state index in [4.69, 9.17) is 14.2 Å². The van der Waals surface area contributed by atoms with Gasteiger partial charge in [-0.1, -0.05) is 62.0 Å². The van der Waals surface area contributed by atoms with E-state index in [-0.39, 0.29) is 17.9 Å². The van der Waals surface area contributed by atoms with Crippen molar-refractivity contribution in [2.24, 2.45) is 4.99 Å². The fraction of sp³-hybridized carbons (Fsp3) is 0.300. The smallest absolute Gasteiger partial charge is 0.338 e. The molecular formula is C30H31N3O7S. The quantitative estimate of drug-likeness (QED) is 0.102. The standard InChI is InChI=1S/C30H31N3O7S/c1-5-7-8-15-39-23-13-12-21(18-24(23)38-4)27-26(29(35)40-14-6-2)19(3)31-30-32(27)28(34)25(41-30)17-20-10-9-11-22(16-20)33(36)37/h6,9-13,16-18,27H,2,5,7-8,14-15H2,1,3-4H3. The molecule has 41 heavy (non-hydrogen) atoms. The fourth-order valence-electron chi connectivity index (χ4n) is 4.50. The number of nitro groups is 1. The van der Waals surface area contributed by atoms with Gasteiger partial charge in [0.25, 0.3) is 11.2 Å². The van der Waals surface area contributed by atoms with Gasteiger partial charge in [-0.25, -0.2) is 9.79 Å². The van der Waals surface area contributed by atoms with Crippen LogP contribution in [0.3, 0.4) is 0 Å². The summed E-state index contributed by atoms with van der Waals surface area (Å²) in [5.41, 5.74) is 1.23. The van der Waals surface area contributed by atoms with Gasteiger partial charge >= 0.3 is 5.97 Å². The molecule has 0 spiro atoms. The van der Waals surface area contributed by atoms with Gasteiger partial charge in [-0.3, -0.25) is 19.5 Å². The molecule has 1 aromatic heterocycles. The van der Waals surface area contributed by atoms with Crippen LogP contribution in [-0.2, 0) is 9.53 Å². The number of nitrogens with zero attached hydrogens (tertiary/aromatic N) is 3. The van der Waals surface area contributed by atoms with Crippen molar-refractivity contribution in [2.75, 3.05) is 20.3 Å². The number of thiazole rings is 1. The number of hydrogen-bond acceptors (Lipinski definition) is 9. The predicted molar refractivity (Wildman–Crippen MR) is 156 cm³/mol. The summed E-state index contributed by atoms with van der Waals surface area (Å²) in [7, 11) is 1.53. The normalized spacial score (nSPS) is 14.7. The van der Waals surface area contributed by atoms with Crippen LogP contribution in [0.2, 0.25) is 0 Å². The van der Waals surface area contributed by atoms with E-state index < -0.39 is 22.5 Å². The Morgan fingerprint density at radius 1 is 1.22 bits per heavy atom. The van der Waals surface area contributed by atoms with Gasteiger partial charge in [0.2, 0.25) is 0 Å². The Hall–Kier alpha value is -4.51. The minimum Gasteiger partial charge on any atom is -0.493 e. The third-order valence-electron chi connectivity index (χ3n) is 6.46. The molecule has 4 rings (SSSR count). The number of allylic oxidation sites excluding steroid dienone is 1. The zero-order valence-corrected chi connectivity index (χ0v) is 23.9. The number of fused-ring (bicyclic) bond motifs is 1. The maximum Gasteiger partial charge on any atom is 0.338 e. The number of nitro benzene ring substituents is 1. The SMILES string of the molecule is C=CCOC(=O)C1=C(C)N=c2sc(=Cc3cccc([N+](=O)[O-])c3)c(=O)n2C1c1ccc(OCCCCC)c(OC)c1. The summed E-state index contributed by atoms with van der Waals surface area (Å²) in [4.78, 5) is 42.8. The van der Waals surface area contributed by atoms with E-state index in [0.717, 1.165) is 30.6 Å². The number of carbonyl (C=O) groups is 1. The first-order valence-electron chi connectivity index (χ1n) is 13.1. The number of benzene rings is 2. The van der Waals surface area contributed by atoms with Crippen LogP contribution in [0.5, 0.6) is 11.5 Å². The maximum absolute atomic E-state index is 13.8. The van der Waals surface area contributed by atoms with E-state index in [1.165, 1.54) is 29.9 Å². The van der Waals surface area contributed by atoms with Gasteiger partial charge in [0.15, 0.2) is 16.3 Å². The number of unbranched alkanes of at least 4 members (excludes halogenated alkanes) is 2. The Bertz CT molecular complexity index is 1690. The highest BCUT2D eigenvalue weighted by Gasteiger charge is 2.34. The van der Waals surface area contributed by atoms with Crippen LogP contribution in [0.4, 0.5) is 5.69 Å². The van der Waals surface area contributed by atoms with E-state index in [1.54, 1.807) is 43.3 Å². The van der Waals surface area contributed by atoms with Crippen LogP contribution in [0, 0.1) is 10.1 Å². The fourth-order valence-corrected chi connectivity index (χ4v) is 5.54. The molecule has 11 heteroatoms. The number of rotatable bonds is 12. The van der Waals surface area contributed by atoms with Gasteiger partial charge in [-0.05, 0) is 42.7 Å². The molecule has 1 aliphatic rings. The highest BCUT2D eigenvalue weighted by molar-refractivity contribution is 7.07. The third kappa shape index (κ3) is 6.46. The van der Waals surface area contributed by atoms with Crippen molar-refractivity contribution in [1.82, 2.24) is 4.57 Å². The molecule has 214 valence electrons. The van der Waals surface area contributed by atoms with Crippen molar-refractivity contribution >= 4 is 29.1 Å². The summed E-state index contributed by atoms with van der Waals surface area (Å²) in [6, 6.07) is 10.4. The van der Waals surface area contributed by atoms with Crippen molar-refractivity contribution < 1.29 is 23.9 Å². The Morgan fingerprint density at radius 3 is 2.73 bits per heavy atom. The molecule has 1 unspecified atom stereocenters. The molecule has 0 N–H and O–H groups in total. The lowest BCUT2D eigenvalue weighted by Crippen LogP contribution is -2.40. The van der Waals surface area contributed by atoms with E-state index in [0.29, 0.717) is 44.3 Å². The topological polar surface area (TPSA) is 122 Å². The number of carbonyl (C=O) groups excluding carboxylic acids is 1. The summed E-state index contributed by atoms with van der Waals surface area (Å²) in [5.74, 6) is 0.399. The van der Waals surface area contributed by atoms with Crippen molar-refractivity contribution in [3.8, 4) is 11.5 Å². The van der Waals surface area contributed by atoms with Crippen molar-refractivity contribution in [3.05, 3.63) is 107 Å². The number of esters is 1. The first kappa shape index (κ1) is 29.5. The molecule has 0 saturated carbocycles. The molecule has 0 bridgehead atoms. The number of aromatic nitrogens is 1. The number of methoxy groups -OCH3 is 1. The summed E-state index contributed by atoms with van der Waals surface area (Å²) in [6.07, 6.45) is 6.07. The first-order valence-corrected chi connectivity index (χ1v) is 14.0. The Labute approximate surface area is 240 Å². The van der Waals surface area contributed by atoms with Crippen LogP contribution >= 0.6 is 11.3 Å². The van der Waals surface area contributed by atoms with Crippen LogP contribution in [0.15, 0.2) is 76.2 Å². The average molecular weight is 578 g/mol. The molecule has 0 fully saturated rings. The van der Waals surface area contributed by atoms with Crippen LogP contribution in [0.1, 0.15) is 50.3 Å². The number of non-ortho nitro benzene ring substituents is 1.